The number of halogens is 1. The molecule has 14 heavy (non-hydrogen) atoms. The van der Waals surface area contributed by atoms with Crippen molar-refractivity contribution in [1.82, 2.24) is 0 Å². The summed E-state index contributed by atoms with van der Waals surface area (Å²) in [7, 11) is 0. The molecule has 1 aliphatic rings. The molecule has 0 saturated carbocycles. The number of carbonyl (C=O) groups is 1. The smallest absolute Gasteiger partial charge is 0.163 e. The zero-order valence-electron chi connectivity index (χ0n) is 7.76. The third-order valence-electron chi connectivity index (χ3n) is 2.10. The first-order chi connectivity index (χ1) is 6.68. The highest BCUT2D eigenvalue weighted by Gasteiger charge is 2.17. The lowest BCUT2D eigenvalue weighted by Gasteiger charge is -2.21. The molecule has 74 valence electrons. The molecule has 0 fully saturated rings. The van der Waals surface area contributed by atoms with Crippen LogP contribution >= 0.6 is 11.6 Å². The topological polar surface area (TPSA) is 38.3 Å². The van der Waals surface area contributed by atoms with Gasteiger partial charge in [0.05, 0.1) is 11.3 Å². The summed E-state index contributed by atoms with van der Waals surface area (Å²) in [4.78, 5) is 11.3. The van der Waals surface area contributed by atoms with E-state index in [1.54, 1.807) is 12.1 Å². The number of Topliss-reactive ketones (excluding diaryl/α,β-unsaturated/α-hetero) is 1. The Balaban J connectivity index is 2.58. The van der Waals surface area contributed by atoms with Crippen molar-refractivity contribution in [2.75, 3.05) is 18.5 Å². The Bertz CT molecular complexity index is 390. The van der Waals surface area contributed by atoms with Crippen molar-refractivity contribution in [2.24, 2.45) is 0 Å². The quantitative estimate of drug-likeness (QED) is 0.725. The number of hydrogen-bond acceptors (Lipinski definition) is 3. The fourth-order valence-corrected chi connectivity index (χ4v) is 1.70. The van der Waals surface area contributed by atoms with Gasteiger partial charge in [-0.15, -0.1) is 0 Å². The number of carbonyl (C=O) groups excluding carboxylic acids is 1. The minimum absolute atomic E-state index is 0.0348. The molecule has 0 saturated heterocycles. The van der Waals surface area contributed by atoms with Crippen LogP contribution in [-0.4, -0.2) is 18.9 Å². The first-order valence-electron chi connectivity index (χ1n) is 4.39. The number of hydrogen-bond donors (Lipinski definition) is 1. The maximum atomic E-state index is 11.3. The third-order valence-corrected chi connectivity index (χ3v) is 2.32. The Morgan fingerprint density at radius 1 is 1.57 bits per heavy atom. The molecular weight excluding hydrogens is 202 g/mol. The Hall–Kier alpha value is -1.22. The Kier molecular flexibility index (Phi) is 2.33. The zero-order valence-corrected chi connectivity index (χ0v) is 8.52. The van der Waals surface area contributed by atoms with Gasteiger partial charge in [-0.1, -0.05) is 11.6 Å². The van der Waals surface area contributed by atoms with Gasteiger partial charge in [-0.2, -0.15) is 0 Å². The summed E-state index contributed by atoms with van der Waals surface area (Å²) < 4.78 is 5.43. The first-order valence-corrected chi connectivity index (χ1v) is 4.77. The summed E-state index contributed by atoms with van der Waals surface area (Å²) >= 11 is 5.88. The van der Waals surface area contributed by atoms with Gasteiger partial charge >= 0.3 is 0 Å². The van der Waals surface area contributed by atoms with Gasteiger partial charge in [0.25, 0.3) is 0 Å². The number of anilines is 1. The molecule has 0 spiro atoms. The summed E-state index contributed by atoms with van der Waals surface area (Å²) in [5, 5.41) is 3.69. The fourth-order valence-electron chi connectivity index (χ4n) is 1.48. The van der Waals surface area contributed by atoms with Crippen molar-refractivity contribution in [3.05, 3.63) is 22.7 Å². The van der Waals surface area contributed by atoms with Crippen LogP contribution < -0.4 is 10.1 Å². The zero-order chi connectivity index (χ0) is 10.1. The molecule has 3 nitrogen and oxygen atoms in total. The molecule has 2 rings (SSSR count). The van der Waals surface area contributed by atoms with Crippen LogP contribution in [0.2, 0.25) is 5.02 Å². The maximum Gasteiger partial charge on any atom is 0.163 e. The van der Waals surface area contributed by atoms with Crippen LogP contribution in [0.4, 0.5) is 5.69 Å². The predicted molar refractivity (Wildman–Crippen MR) is 55.4 cm³/mol. The molecule has 0 bridgehead atoms. The van der Waals surface area contributed by atoms with E-state index in [0.29, 0.717) is 22.9 Å². The lowest BCUT2D eigenvalue weighted by atomic mass is 10.1. The standard InChI is InChI=1S/C10H10ClNO2/c1-6(13)8-4-7(11)5-9-10(8)14-3-2-12-9/h4-5,12H,2-3H2,1H3. The Morgan fingerprint density at radius 2 is 2.36 bits per heavy atom. The van der Waals surface area contributed by atoms with Gasteiger partial charge in [0.2, 0.25) is 0 Å². The summed E-state index contributed by atoms with van der Waals surface area (Å²) in [6.45, 7) is 2.82. The summed E-state index contributed by atoms with van der Waals surface area (Å²) in [5.74, 6) is 0.584. The van der Waals surface area contributed by atoms with E-state index in [9.17, 15) is 4.79 Å². The van der Waals surface area contributed by atoms with E-state index in [1.165, 1.54) is 6.92 Å². The highest BCUT2D eigenvalue weighted by molar-refractivity contribution is 6.31. The number of ketones is 1. The van der Waals surface area contributed by atoms with Crippen LogP contribution in [0.25, 0.3) is 0 Å². The summed E-state index contributed by atoms with van der Waals surface area (Å²) in [6, 6.07) is 3.40. The fraction of sp³-hybridized carbons (Fsp3) is 0.300. The van der Waals surface area contributed by atoms with Gasteiger partial charge in [0.1, 0.15) is 6.61 Å². The van der Waals surface area contributed by atoms with E-state index in [2.05, 4.69) is 5.32 Å². The van der Waals surface area contributed by atoms with Crippen LogP contribution in [-0.2, 0) is 0 Å². The van der Waals surface area contributed by atoms with Crippen molar-refractivity contribution in [2.45, 2.75) is 6.92 Å². The van der Waals surface area contributed by atoms with Crippen LogP contribution in [0.15, 0.2) is 12.1 Å². The van der Waals surface area contributed by atoms with Gasteiger partial charge in [-0.25, -0.2) is 0 Å². The number of rotatable bonds is 1. The van der Waals surface area contributed by atoms with Crippen molar-refractivity contribution >= 4 is 23.1 Å². The molecule has 0 aromatic heterocycles. The number of nitrogens with one attached hydrogen (secondary N) is 1. The normalized spacial score (nSPS) is 13.9. The van der Waals surface area contributed by atoms with E-state index < -0.39 is 0 Å². The lowest BCUT2D eigenvalue weighted by Crippen LogP contribution is -2.19. The minimum Gasteiger partial charge on any atom is -0.489 e. The van der Waals surface area contributed by atoms with Crippen molar-refractivity contribution in [3.63, 3.8) is 0 Å². The van der Waals surface area contributed by atoms with E-state index in [0.717, 1.165) is 12.2 Å². The van der Waals surface area contributed by atoms with Gasteiger partial charge in [-0.3, -0.25) is 4.79 Å². The van der Waals surface area contributed by atoms with Gasteiger partial charge in [0, 0.05) is 11.6 Å². The van der Waals surface area contributed by atoms with Gasteiger partial charge < -0.3 is 10.1 Å². The first kappa shape index (κ1) is 9.34. The molecule has 1 aliphatic heterocycles. The highest BCUT2D eigenvalue weighted by atomic mass is 35.5. The minimum atomic E-state index is -0.0348. The number of ether oxygens (including phenoxy) is 1. The van der Waals surface area contributed by atoms with Crippen LogP contribution in [0, 0.1) is 0 Å². The van der Waals surface area contributed by atoms with E-state index >= 15 is 0 Å². The second kappa shape index (κ2) is 3.50. The largest absolute Gasteiger partial charge is 0.489 e. The second-order valence-corrected chi connectivity index (χ2v) is 3.60. The van der Waals surface area contributed by atoms with Gasteiger partial charge in [-0.05, 0) is 19.1 Å². The molecule has 1 aromatic rings. The van der Waals surface area contributed by atoms with E-state index in [4.69, 9.17) is 16.3 Å². The SMILES string of the molecule is CC(=O)c1cc(Cl)cc2c1OCCN2. The third kappa shape index (κ3) is 1.55. The number of fused-ring (bicyclic) bond motifs is 1. The molecule has 4 heteroatoms. The molecule has 0 unspecified atom stereocenters. The molecule has 0 atom stereocenters. The molecule has 0 radical (unpaired) electrons. The average molecular weight is 212 g/mol. The van der Waals surface area contributed by atoms with Crippen molar-refractivity contribution in [1.29, 1.82) is 0 Å². The highest BCUT2D eigenvalue weighted by Crippen LogP contribution is 2.34. The lowest BCUT2D eigenvalue weighted by molar-refractivity contribution is 0.101. The number of benzene rings is 1. The second-order valence-electron chi connectivity index (χ2n) is 3.16. The Labute approximate surface area is 87.0 Å². The van der Waals surface area contributed by atoms with E-state index in [-0.39, 0.29) is 5.78 Å². The van der Waals surface area contributed by atoms with Crippen molar-refractivity contribution in [3.8, 4) is 5.75 Å². The maximum absolute atomic E-state index is 11.3. The van der Waals surface area contributed by atoms with Crippen molar-refractivity contribution < 1.29 is 9.53 Å². The summed E-state index contributed by atoms with van der Waals surface area (Å²) in [5.41, 5.74) is 1.34. The average Bonchev–Trinajstić information content (AvgIpc) is 2.16. The van der Waals surface area contributed by atoms with E-state index in [1.807, 2.05) is 0 Å². The monoisotopic (exact) mass is 211 g/mol. The summed E-state index contributed by atoms with van der Waals surface area (Å²) in [6.07, 6.45) is 0. The molecule has 1 aromatic carbocycles. The van der Waals surface area contributed by atoms with Crippen LogP contribution in [0.5, 0.6) is 5.75 Å². The molecular formula is C10H10ClNO2. The predicted octanol–water partition coefficient (Wildman–Crippen LogP) is 2.35. The molecule has 0 aliphatic carbocycles. The molecule has 1 heterocycles. The molecule has 0 amide bonds. The van der Waals surface area contributed by atoms with Gasteiger partial charge in [0.15, 0.2) is 11.5 Å². The van der Waals surface area contributed by atoms with Crippen LogP contribution in [0.1, 0.15) is 17.3 Å². The van der Waals surface area contributed by atoms with Crippen LogP contribution in [0.3, 0.4) is 0 Å². The Morgan fingerprint density at radius 3 is 3.07 bits per heavy atom. The molecule has 1 N–H and O–H groups in total.